The van der Waals surface area contributed by atoms with Crippen LogP contribution >= 0.6 is 0 Å². The number of nitrogen functional groups attached to an aromatic ring is 1. The van der Waals surface area contributed by atoms with Crippen molar-refractivity contribution in [2.24, 2.45) is 0 Å². The molecule has 124 valence electrons. The quantitative estimate of drug-likeness (QED) is 0.619. The minimum atomic E-state index is 0.492. The lowest BCUT2D eigenvalue weighted by Gasteiger charge is -2.11. The molecule has 0 aliphatic rings. The van der Waals surface area contributed by atoms with Crippen LogP contribution in [0.5, 0.6) is 5.75 Å². The van der Waals surface area contributed by atoms with Crippen molar-refractivity contribution in [1.29, 1.82) is 0 Å². The third-order valence-electron chi connectivity index (χ3n) is 4.29. The van der Waals surface area contributed by atoms with Crippen LogP contribution in [0.3, 0.4) is 0 Å². The van der Waals surface area contributed by atoms with Crippen LogP contribution in [0.2, 0.25) is 0 Å². The van der Waals surface area contributed by atoms with Gasteiger partial charge in [-0.1, -0.05) is 30.3 Å². The zero-order valence-corrected chi connectivity index (χ0v) is 13.9. The average Bonchev–Trinajstić information content (AvgIpc) is 3.03. The third kappa shape index (κ3) is 2.80. The van der Waals surface area contributed by atoms with Gasteiger partial charge in [0, 0.05) is 6.54 Å². The first-order valence-electron chi connectivity index (χ1n) is 8.04. The molecule has 0 bridgehead atoms. The molecule has 0 spiro atoms. The zero-order valence-electron chi connectivity index (χ0n) is 13.9. The summed E-state index contributed by atoms with van der Waals surface area (Å²) in [6, 6.07) is 20.3. The third-order valence-corrected chi connectivity index (χ3v) is 4.29. The van der Waals surface area contributed by atoms with E-state index in [4.69, 9.17) is 10.5 Å². The second kappa shape index (κ2) is 6.28. The van der Waals surface area contributed by atoms with Crippen molar-refractivity contribution in [3.8, 4) is 17.0 Å². The number of benzene rings is 2. The molecule has 0 saturated carbocycles. The summed E-state index contributed by atoms with van der Waals surface area (Å²) in [6.45, 7) is 0.710. The predicted molar refractivity (Wildman–Crippen MR) is 99.5 cm³/mol. The molecule has 4 aromatic rings. The fraction of sp³-hybridized carbons (Fsp3) is 0.100. The van der Waals surface area contributed by atoms with Crippen LogP contribution in [0.1, 0.15) is 5.56 Å². The van der Waals surface area contributed by atoms with Crippen molar-refractivity contribution in [3.05, 3.63) is 72.6 Å². The van der Waals surface area contributed by atoms with Gasteiger partial charge in [-0.2, -0.15) is 0 Å². The first-order valence-corrected chi connectivity index (χ1v) is 8.04. The van der Waals surface area contributed by atoms with Gasteiger partial charge in [-0.15, -0.1) is 0 Å². The van der Waals surface area contributed by atoms with Gasteiger partial charge in [0.05, 0.1) is 18.2 Å². The van der Waals surface area contributed by atoms with Crippen LogP contribution < -0.4 is 10.5 Å². The molecule has 2 aromatic carbocycles. The molecule has 0 atom stereocenters. The Kier molecular flexibility index (Phi) is 3.82. The highest BCUT2D eigenvalue weighted by atomic mass is 16.5. The first-order chi connectivity index (χ1) is 12.3. The number of fused-ring (bicyclic) bond motifs is 1. The lowest BCUT2D eigenvalue weighted by atomic mass is 10.1. The number of hydrogen-bond acceptors (Lipinski definition) is 4. The molecule has 2 N–H and O–H groups in total. The molecule has 0 fully saturated rings. The van der Waals surface area contributed by atoms with E-state index in [2.05, 4.69) is 32.7 Å². The van der Waals surface area contributed by atoms with Gasteiger partial charge in [0.1, 0.15) is 23.5 Å². The van der Waals surface area contributed by atoms with E-state index in [0.717, 1.165) is 28.0 Å². The molecule has 0 aliphatic carbocycles. The highest BCUT2D eigenvalue weighted by Gasteiger charge is 2.14. The van der Waals surface area contributed by atoms with Gasteiger partial charge >= 0.3 is 0 Å². The molecule has 2 aromatic heterocycles. The van der Waals surface area contributed by atoms with E-state index in [9.17, 15) is 0 Å². The second-order valence-corrected chi connectivity index (χ2v) is 5.83. The van der Waals surface area contributed by atoms with Crippen molar-refractivity contribution in [3.63, 3.8) is 0 Å². The van der Waals surface area contributed by atoms with E-state index < -0.39 is 0 Å². The maximum absolute atomic E-state index is 6.07. The average molecular weight is 330 g/mol. The van der Waals surface area contributed by atoms with E-state index in [1.54, 1.807) is 7.11 Å². The van der Waals surface area contributed by atoms with Crippen LogP contribution in [0.15, 0.2) is 67.0 Å². The lowest BCUT2D eigenvalue weighted by molar-refractivity contribution is 0.415. The number of anilines is 1. The van der Waals surface area contributed by atoms with Crippen LogP contribution in [0.25, 0.3) is 22.3 Å². The van der Waals surface area contributed by atoms with E-state index in [0.29, 0.717) is 12.4 Å². The smallest absolute Gasteiger partial charge is 0.146 e. The Morgan fingerprint density at radius 3 is 2.48 bits per heavy atom. The standard InChI is InChI=1S/C20H18N4O/c1-25-16-9-7-15(8-10-16)18-11-17-19(21)22-13-23-20(17)24(18)12-14-5-3-2-4-6-14/h2-11,13H,12H2,1H3,(H2,21,22,23). The van der Waals surface area contributed by atoms with Crippen LogP contribution in [-0.2, 0) is 6.54 Å². The topological polar surface area (TPSA) is 66.0 Å². The summed E-state index contributed by atoms with van der Waals surface area (Å²) in [5.74, 6) is 1.32. The number of nitrogens with zero attached hydrogens (tertiary/aromatic N) is 3. The summed E-state index contributed by atoms with van der Waals surface area (Å²) in [7, 11) is 1.66. The Bertz CT molecular complexity index is 1010. The molecule has 0 saturated heterocycles. The number of ether oxygens (including phenoxy) is 1. The number of aromatic nitrogens is 3. The summed E-state index contributed by atoms with van der Waals surface area (Å²) < 4.78 is 7.43. The zero-order chi connectivity index (χ0) is 17.2. The number of rotatable bonds is 4. The van der Waals surface area contributed by atoms with E-state index >= 15 is 0 Å². The van der Waals surface area contributed by atoms with Crippen molar-refractivity contribution >= 4 is 16.9 Å². The van der Waals surface area contributed by atoms with Gasteiger partial charge < -0.3 is 15.0 Å². The normalized spacial score (nSPS) is 10.9. The highest BCUT2D eigenvalue weighted by Crippen LogP contribution is 2.31. The maximum Gasteiger partial charge on any atom is 0.146 e. The second-order valence-electron chi connectivity index (χ2n) is 5.83. The van der Waals surface area contributed by atoms with E-state index in [-0.39, 0.29) is 0 Å². The molecule has 5 heteroatoms. The Hall–Kier alpha value is -3.34. The maximum atomic E-state index is 6.07. The number of methoxy groups -OCH3 is 1. The minimum absolute atomic E-state index is 0.492. The molecule has 5 nitrogen and oxygen atoms in total. The fourth-order valence-corrected chi connectivity index (χ4v) is 3.01. The fourth-order valence-electron chi connectivity index (χ4n) is 3.01. The lowest BCUT2D eigenvalue weighted by Crippen LogP contribution is -2.03. The van der Waals surface area contributed by atoms with Gasteiger partial charge in [-0.3, -0.25) is 0 Å². The monoisotopic (exact) mass is 330 g/mol. The summed E-state index contributed by atoms with van der Waals surface area (Å²) >= 11 is 0. The Labute approximate surface area is 145 Å². The Morgan fingerprint density at radius 1 is 1.00 bits per heavy atom. The predicted octanol–water partition coefficient (Wildman–Crippen LogP) is 3.74. The molecule has 0 amide bonds. The SMILES string of the molecule is COc1ccc(-c2cc3c(N)ncnc3n2Cc2ccccc2)cc1. The molecule has 4 rings (SSSR count). The Balaban J connectivity index is 1.89. The van der Waals surface area contributed by atoms with Crippen LogP contribution in [0.4, 0.5) is 5.82 Å². The summed E-state index contributed by atoms with van der Waals surface area (Å²) in [5.41, 5.74) is 10.2. The number of nitrogens with two attached hydrogens (primary N) is 1. The molecular formula is C20H18N4O. The number of hydrogen-bond donors (Lipinski definition) is 1. The molecule has 0 radical (unpaired) electrons. The largest absolute Gasteiger partial charge is 0.497 e. The van der Waals surface area contributed by atoms with Crippen molar-refractivity contribution in [2.75, 3.05) is 12.8 Å². The van der Waals surface area contributed by atoms with Crippen molar-refractivity contribution in [1.82, 2.24) is 14.5 Å². The molecule has 0 unspecified atom stereocenters. The highest BCUT2D eigenvalue weighted by molar-refractivity contribution is 5.91. The molecule has 25 heavy (non-hydrogen) atoms. The van der Waals surface area contributed by atoms with Gasteiger partial charge in [-0.05, 0) is 41.5 Å². The summed E-state index contributed by atoms with van der Waals surface area (Å²) in [4.78, 5) is 8.59. The molecular weight excluding hydrogens is 312 g/mol. The molecule has 0 aliphatic heterocycles. The van der Waals surface area contributed by atoms with Crippen molar-refractivity contribution < 1.29 is 4.74 Å². The minimum Gasteiger partial charge on any atom is -0.497 e. The summed E-state index contributed by atoms with van der Waals surface area (Å²) in [6.07, 6.45) is 1.51. The van der Waals surface area contributed by atoms with Gasteiger partial charge in [0.15, 0.2) is 0 Å². The van der Waals surface area contributed by atoms with Crippen LogP contribution in [0, 0.1) is 0 Å². The Morgan fingerprint density at radius 2 is 1.76 bits per heavy atom. The molecule has 2 heterocycles. The van der Waals surface area contributed by atoms with E-state index in [1.807, 2.05) is 42.5 Å². The summed E-state index contributed by atoms with van der Waals surface area (Å²) in [5, 5.41) is 0.865. The van der Waals surface area contributed by atoms with Crippen molar-refractivity contribution in [2.45, 2.75) is 6.54 Å². The first kappa shape index (κ1) is 15.2. The van der Waals surface area contributed by atoms with Crippen LogP contribution in [-0.4, -0.2) is 21.6 Å². The van der Waals surface area contributed by atoms with Gasteiger partial charge in [0.25, 0.3) is 0 Å². The van der Waals surface area contributed by atoms with Gasteiger partial charge in [-0.25, -0.2) is 9.97 Å². The van der Waals surface area contributed by atoms with E-state index in [1.165, 1.54) is 11.9 Å². The van der Waals surface area contributed by atoms with Gasteiger partial charge in [0.2, 0.25) is 0 Å².